The fourth-order valence-corrected chi connectivity index (χ4v) is 6.18. The van der Waals surface area contributed by atoms with Gasteiger partial charge in [-0.1, -0.05) is 19.9 Å². The van der Waals surface area contributed by atoms with E-state index >= 15 is 0 Å². The van der Waals surface area contributed by atoms with Gasteiger partial charge in [-0.25, -0.2) is 0 Å². The van der Waals surface area contributed by atoms with E-state index in [9.17, 15) is 5.11 Å². The lowest BCUT2D eigenvalue weighted by Gasteiger charge is -2.58. The van der Waals surface area contributed by atoms with Crippen molar-refractivity contribution in [2.24, 2.45) is 23.2 Å². The van der Waals surface area contributed by atoms with E-state index in [1.54, 1.807) is 7.11 Å². The van der Waals surface area contributed by atoms with Gasteiger partial charge in [0.2, 0.25) is 6.29 Å². The Balaban J connectivity index is 1.55. The van der Waals surface area contributed by atoms with Crippen molar-refractivity contribution in [3.8, 4) is 11.5 Å². The van der Waals surface area contributed by atoms with Gasteiger partial charge >= 0.3 is 0 Å². The number of benzene rings is 1. The van der Waals surface area contributed by atoms with Crippen molar-refractivity contribution in [2.75, 3.05) is 7.11 Å². The van der Waals surface area contributed by atoms with Crippen LogP contribution >= 0.6 is 0 Å². The maximum atomic E-state index is 10.5. The first kappa shape index (κ1) is 17.2. The van der Waals surface area contributed by atoms with Gasteiger partial charge in [-0.2, -0.15) is 0 Å². The molecule has 4 bridgehead atoms. The van der Waals surface area contributed by atoms with Crippen molar-refractivity contribution in [3.63, 3.8) is 0 Å². The Morgan fingerprint density at radius 3 is 2.20 bits per heavy atom. The van der Waals surface area contributed by atoms with E-state index in [2.05, 4.69) is 19.9 Å². The summed E-state index contributed by atoms with van der Waals surface area (Å²) < 4.78 is 12.1. The molecule has 4 aliphatic carbocycles. The minimum absolute atomic E-state index is 0.144. The topological polar surface area (TPSA) is 38.7 Å². The summed E-state index contributed by atoms with van der Waals surface area (Å²) in [6.45, 7) is 4.35. The molecule has 0 aromatic heterocycles. The second-order valence-electron chi connectivity index (χ2n) is 9.00. The lowest BCUT2D eigenvalue weighted by Crippen LogP contribution is -2.53. The third kappa shape index (κ3) is 3.05. The van der Waals surface area contributed by atoms with Crippen molar-refractivity contribution in [3.05, 3.63) is 23.8 Å². The van der Waals surface area contributed by atoms with Crippen LogP contribution < -0.4 is 4.74 Å². The Labute approximate surface area is 151 Å². The highest BCUT2D eigenvalue weighted by atomic mass is 16.7. The summed E-state index contributed by atoms with van der Waals surface area (Å²) >= 11 is 0. The number of hydrogen-bond donors (Lipinski definition) is 1. The zero-order valence-electron chi connectivity index (χ0n) is 15.8. The van der Waals surface area contributed by atoms with E-state index in [4.69, 9.17) is 9.47 Å². The first-order valence-corrected chi connectivity index (χ1v) is 10.1. The van der Waals surface area contributed by atoms with Crippen LogP contribution in [-0.4, -0.2) is 18.5 Å². The number of phenolic OH excluding ortho intramolecular Hbond substituents is 1. The lowest BCUT2D eigenvalue weighted by molar-refractivity contribution is -0.204. The van der Waals surface area contributed by atoms with Gasteiger partial charge in [0.25, 0.3) is 0 Å². The Morgan fingerprint density at radius 1 is 1.12 bits per heavy atom. The van der Waals surface area contributed by atoms with Crippen LogP contribution in [-0.2, 0) is 4.74 Å². The van der Waals surface area contributed by atoms with Crippen LogP contribution in [0.25, 0.3) is 0 Å². The van der Waals surface area contributed by atoms with Crippen molar-refractivity contribution in [2.45, 2.75) is 71.0 Å². The molecule has 1 aromatic carbocycles. The van der Waals surface area contributed by atoms with E-state index in [0.717, 1.165) is 29.7 Å². The average Bonchev–Trinajstić information content (AvgIpc) is 2.58. The Bertz CT molecular complexity index is 588. The van der Waals surface area contributed by atoms with Gasteiger partial charge in [-0.05, 0) is 86.3 Å². The zero-order valence-corrected chi connectivity index (χ0v) is 15.8. The number of rotatable bonds is 6. The molecule has 0 radical (unpaired) electrons. The summed E-state index contributed by atoms with van der Waals surface area (Å²) in [5.41, 5.74) is 1.31. The Morgan fingerprint density at radius 2 is 1.72 bits per heavy atom. The van der Waals surface area contributed by atoms with Gasteiger partial charge in [-0.3, -0.25) is 0 Å². The first-order chi connectivity index (χ1) is 12.0. The second-order valence-corrected chi connectivity index (χ2v) is 9.00. The number of aromatic hydroxyl groups is 1. The summed E-state index contributed by atoms with van der Waals surface area (Å²) in [6, 6.07) is 5.86. The van der Waals surface area contributed by atoms with Crippen molar-refractivity contribution < 1.29 is 14.6 Å². The van der Waals surface area contributed by atoms with Gasteiger partial charge in [0.05, 0.1) is 0 Å². The fourth-order valence-electron chi connectivity index (χ4n) is 6.18. The second kappa shape index (κ2) is 6.50. The van der Waals surface area contributed by atoms with Gasteiger partial charge < -0.3 is 14.6 Å². The number of ether oxygens (including phenoxy) is 2. The Kier molecular flexibility index (Phi) is 4.47. The smallest absolute Gasteiger partial charge is 0.205 e. The molecule has 0 spiro atoms. The molecule has 0 saturated heterocycles. The molecule has 2 unspecified atom stereocenters. The largest absolute Gasteiger partial charge is 0.504 e. The molecule has 3 heteroatoms. The SMILES string of the molecule is CCC(C)c1ccc(OC(OC)C23CC4CC(CC(C4)C2)C3)c(O)c1. The van der Waals surface area contributed by atoms with Gasteiger partial charge in [0.15, 0.2) is 11.5 Å². The van der Waals surface area contributed by atoms with Crippen LogP contribution in [0, 0.1) is 23.2 Å². The molecule has 138 valence electrons. The molecule has 25 heavy (non-hydrogen) atoms. The maximum absolute atomic E-state index is 10.5. The molecule has 0 aliphatic heterocycles. The number of methoxy groups -OCH3 is 1. The monoisotopic (exact) mass is 344 g/mol. The fraction of sp³-hybridized carbons (Fsp3) is 0.727. The molecule has 1 aromatic rings. The van der Waals surface area contributed by atoms with E-state index in [1.165, 1.54) is 38.5 Å². The number of hydrogen-bond acceptors (Lipinski definition) is 3. The average molecular weight is 344 g/mol. The summed E-state index contributed by atoms with van der Waals surface area (Å²) in [4.78, 5) is 0. The van der Waals surface area contributed by atoms with E-state index < -0.39 is 0 Å². The minimum atomic E-state index is -0.249. The minimum Gasteiger partial charge on any atom is -0.504 e. The summed E-state index contributed by atoms with van der Waals surface area (Å²) in [5, 5.41) is 10.5. The third-order valence-electron chi connectivity index (χ3n) is 7.20. The van der Waals surface area contributed by atoms with E-state index in [-0.39, 0.29) is 17.5 Å². The van der Waals surface area contributed by atoms with E-state index in [0.29, 0.717) is 11.7 Å². The lowest BCUT2D eigenvalue weighted by atomic mass is 9.49. The molecule has 0 heterocycles. The van der Waals surface area contributed by atoms with Gasteiger partial charge in [0, 0.05) is 12.5 Å². The zero-order chi connectivity index (χ0) is 17.6. The van der Waals surface area contributed by atoms with Crippen molar-refractivity contribution >= 4 is 0 Å². The first-order valence-electron chi connectivity index (χ1n) is 10.1. The predicted octanol–water partition coefficient (Wildman–Crippen LogP) is 5.47. The maximum Gasteiger partial charge on any atom is 0.205 e. The van der Waals surface area contributed by atoms with Crippen LogP contribution in [0.2, 0.25) is 0 Å². The highest BCUT2D eigenvalue weighted by Crippen LogP contribution is 2.61. The standard InChI is InChI=1S/C22H32O3/c1-4-14(2)18-5-6-20(19(23)10-18)25-21(24-3)22-11-15-7-16(12-22)9-17(8-15)13-22/h5-6,10,14-17,21,23H,4,7-9,11-13H2,1-3H3. The normalized spacial score (nSPS) is 35.6. The molecular formula is C22H32O3. The van der Waals surface area contributed by atoms with Crippen LogP contribution in [0.3, 0.4) is 0 Å². The number of phenols is 1. The third-order valence-corrected chi connectivity index (χ3v) is 7.20. The predicted molar refractivity (Wildman–Crippen MR) is 98.8 cm³/mol. The van der Waals surface area contributed by atoms with Crippen LogP contribution in [0.15, 0.2) is 18.2 Å². The molecule has 5 rings (SSSR count). The highest BCUT2D eigenvalue weighted by molar-refractivity contribution is 5.43. The van der Waals surface area contributed by atoms with E-state index in [1.807, 2.05) is 12.1 Å². The molecule has 4 saturated carbocycles. The van der Waals surface area contributed by atoms with Gasteiger partial charge in [-0.15, -0.1) is 0 Å². The molecule has 2 atom stereocenters. The van der Waals surface area contributed by atoms with Crippen molar-refractivity contribution in [1.82, 2.24) is 0 Å². The van der Waals surface area contributed by atoms with Crippen LogP contribution in [0.5, 0.6) is 11.5 Å². The molecule has 0 amide bonds. The van der Waals surface area contributed by atoms with Crippen LogP contribution in [0.1, 0.15) is 70.3 Å². The van der Waals surface area contributed by atoms with Crippen LogP contribution in [0.4, 0.5) is 0 Å². The Hall–Kier alpha value is -1.22. The summed E-state index contributed by atoms with van der Waals surface area (Å²) in [7, 11) is 1.76. The summed E-state index contributed by atoms with van der Waals surface area (Å²) in [5.74, 6) is 3.82. The van der Waals surface area contributed by atoms with Crippen molar-refractivity contribution in [1.29, 1.82) is 0 Å². The quantitative estimate of drug-likeness (QED) is 0.695. The van der Waals surface area contributed by atoms with Gasteiger partial charge in [0.1, 0.15) is 0 Å². The highest BCUT2D eigenvalue weighted by Gasteiger charge is 2.55. The molecule has 3 nitrogen and oxygen atoms in total. The molecule has 4 fully saturated rings. The molecule has 4 aliphatic rings. The molecule has 1 N–H and O–H groups in total. The molecular weight excluding hydrogens is 312 g/mol. The summed E-state index contributed by atoms with van der Waals surface area (Å²) in [6.07, 6.45) is 8.71.